The van der Waals surface area contributed by atoms with Crippen molar-refractivity contribution in [3.8, 4) is 0 Å². The minimum atomic E-state index is -0.404. The fraction of sp³-hybridized carbons (Fsp3) is 0.0556. The lowest BCUT2D eigenvalue weighted by Crippen LogP contribution is -2.15. The highest BCUT2D eigenvalue weighted by atomic mass is 35.5. The predicted molar refractivity (Wildman–Crippen MR) is 101 cm³/mol. The van der Waals surface area contributed by atoms with Gasteiger partial charge >= 0.3 is 0 Å². The van der Waals surface area contributed by atoms with Gasteiger partial charge in [-0.15, -0.1) is 0 Å². The number of carbonyl (C=O) groups is 1. The number of hydrogen-bond donors (Lipinski definition) is 2. The van der Waals surface area contributed by atoms with Crippen LogP contribution in [-0.2, 0) is 0 Å². The third-order valence-corrected chi connectivity index (χ3v) is 4.18. The van der Waals surface area contributed by atoms with E-state index in [0.717, 1.165) is 11.3 Å². The second kappa shape index (κ2) is 7.51. The average molecular weight is 373 g/mol. The van der Waals surface area contributed by atoms with E-state index in [1.807, 2.05) is 31.2 Å². The van der Waals surface area contributed by atoms with Crippen LogP contribution in [0.2, 0.25) is 10.0 Å². The Labute approximate surface area is 155 Å². The van der Waals surface area contributed by atoms with E-state index in [4.69, 9.17) is 23.2 Å². The second-order valence-corrected chi connectivity index (χ2v) is 6.10. The Morgan fingerprint density at radius 3 is 2.68 bits per heavy atom. The molecule has 1 amide bonds. The van der Waals surface area contributed by atoms with Crippen LogP contribution in [0.25, 0.3) is 0 Å². The Balaban J connectivity index is 1.78. The van der Waals surface area contributed by atoms with Crippen LogP contribution in [0.4, 0.5) is 17.3 Å². The van der Waals surface area contributed by atoms with E-state index in [1.54, 1.807) is 18.2 Å². The molecule has 0 spiro atoms. The van der Waals surface area contributed by atoms with Gasteiger partial charge in [0.2, 0.25) is 5.95 Å². The fourth-order valence-electron chi connectivity index (χ4n) is 2.18. The van der Waals surface area contributed by atoms with Crippen molar-refractivity contribution in [2.24, 2.45) is 0 Å². The number of aryl methyl sites for hydroxylation is 1. The molecule has 0 fully saturated rings. The van der Waals surface area contributed by atoms with Gasteiger partial charge in [0.05, 0.1) is 15.7 Å². The summed E-state index contributed by atoms with van der Waals surface area (Å²) in [5.41, 5.74) is 2.58. The van der Waals surface area contributed by atoms with Crippen LogP contribution < -0.4 is 10.6 Å². The maximum absolute atomic E-state index is 12.4. The summed E-state index contributed by atoms with van der Waals surface area (Å²) in [7, 11) is 0. The molecule has 7 heteroatoms. The molecule has 0 unspecified atom stereocenters. The van der Waals surface area contributed by atoms with E-state index >= 15 is 0 Å². The standard InChI is InChI=1S/C18H14Cl2N4O/c1-11-4-2-5-12(10-11)22-18-21-9-8-15(24-18)17(25)23-14-7-3-6-13(19)16(14)20/h2-10H,1H3,(H,23,25)(H,21,22,24). The van der Waals surface area contributed by atoms with Gasteiger partial charge in [0, 0.05) is 11.9 Å². The Bertz CT molecular complexity index is 930. The number of anilines is 3. The van der Waals surface area contributed by atoms with Crippen molar-refractivity contribution in [3.63, 3.8) is 0 Å². The van der Waals surface area contributed by atoms with Crippen molar-refractivity contribution in [3.05, 3.63) is 76.0 Å². The van der Waals surface area contributed by atoms with Crippen molar-refractivity contribution >= 4 is 46.4 Å². The molecule has 25 heavy (non-hydrogen) atoms. The van der Waals surface area contributed by atoms with Gasteiger partial charge in [-0.1, -0.05) is 41.4 Å². The van der Waals surface area contributed by atoms with Crippen molar-refractivity contribution in [2.45, 2.75) is 6.92 Å². The molecule has 5 nitrogen and oxygen atoms in total. The molecule has 3 aromatic rings. The molecular weight excluding hydrogens is 359 g/mol. The Morgan fingerprint density at radius 2 is 1.88 bits per heavy atom. The van der Waals surface area contributed by atoms with E-state index in [2.05, 4.69) is 20.6 Å². The largest absolute Gasteiger partial charge is 0.324 e. The summed E-state index contributed by atoms with van der Waals surface area (Å²) in [6.07, 6.45) is 1.51. The normalized spacial score (nSPS) is 10.4. The molecule has 0 saturated heterocycles. The number of nitrogens with one attached hydrogen (secondary N) is 2. The fourth-order valence-corrected chi connectivity index (χ4v) is 2.53. The molecule has 0 bridgehead atoms. The van der Waals surface area contributed by atoms with Gasteiger partial charge < -0.3 is 10.6 Å². The number of carbonyl (C=O) groups excluding carboxylic acids is 1. The lowest BCUT2D eigenvalue weighted by atomic mass is 10.2. The first-order chi connectivity index (χ1) is 12.0. The van der Waals surface area contributed by atoms with Gasteiger partial charge in [-0.2, -0.15) is 0 Å². The smallest absolute Gasteiger partial charge is 0.274 e. The lowest BCUT2D eigenvalue weighted by molar-refractivity contribution is 0.102. The summed E-state index contributed by atoms with van der Waals surface area (Å²) < 4.78 is 0. The zero-order valence-electron chi connectivity index (χ0n) is 13.3. The van der Waals surface area contributed by atoms with Crippen molar-refractivity contribution in [1.29, 1.82) is 0 Å². The molecular formula is C18H14Cl2N4O. The van der Waals surface area contributed by atoms with E-state index < -0.39 is 5.91 Å². The summed E-state index contributed by atoms with van der Waals surface area (Å²) in [6, 6.07) is 14.3. The Morgan fingerprint density at radius 1 is 1.08 bits per heavy atom. The maximum Gasteiger partial charge on any atom is 0.274 e. The Hall–Kier alpha value is -2.63. The molecule has 126 valence electrons. The highest BCUT2D eigenvalue weighted by Gasteiger charge is 2.12. The minimum absolute atomic E-state index is 0.209. The summed E-state index contributed by atoms with van der Waals surface area (Å²) in [6.45, 7) is 1.99. The van der Waals surface area contributed by atoms with Gasteiger partial charge in [0.15, 0.2) is 0 Å². The second-order valence-electron chi connectivity index (χ2n) is 5.32. The van der Waals surface area contributed by atoms with Gasteiger partial charge in [0.1, 0.15) is 5.69 Å². The number of amides is 1. The van der Waals surface area contributed by atoms with E-state index in [9.17, 15) is 4.79 Å². The number of nitrogens with zero attached hydrogens (tertiary/aromatic N) is 2. The first kappa shape index (κ1) is 17.2. The first-order valence-corrected chi connectivity index (χ1v) is 8.20. The van der Waals surface area contributed by atoms with Gasteiger partial charge in [0.25, 0.3) is 5.91 Å². The van der Waals surface area contributed by atoms with Crippen LogP contribution in [0.1, 0.15) is 16.1 Å². The van der Waals surface area contributed by atoms with Gasteiger partial charge in [-0.3, -0.25) is 4.79 Å². The zero-order valence-corrected chi connectivity index (χ0v) is 14.8. The number of hydrogen-bond acceptors (Lipinski definition) is 4. The van der Waals surface area contributed by atoms with E-state index in [-0.39, 0.29) is 10.7 Å². The number of rotatable bonds is 4. The lowest BCUT2D eigenvalue weighted by Gasteiger charge is -2.09. The minimum Gasteiger partial charge on any atom is -0.324 e. The van der Waals surface area contributed by atoms with Gasteiger partial charge in [-0.05, 0) is 42.8 Å². The van der Waals surface area contributed by atoms with Gasteiger partial charge in [-0.25, -0.2) is 9.97 Å². The van der Waals surface area contributed by atoms with Crippen LogP contribution in [0.15, 0.2) is 54.7 Å². The quantitative estimate of drug-likeness (QED) is 0.669. The average Bonchev–Trinajstić information content (AvgIpc) is 2.59. The van der Waals surface area contributed by atoms with Crippen LogP contribution >= 0.6 is 23.2 Å². The highest BCUT2D eigenvalue weighted by molar-refractivity contribution is 6.44. The molecule has 2 aromatic carbocycles. The van der Waals surface area contributed by atoms with Crippen LogP contribution in [0.3, 0.4) is 0 Å². The third kappa shape index (κ3) is 4.26. The first-order valence-electron chi connectivity index (χ1n) is 7.45. The predicted octanol–water partition coefficient (Wildman–Crippen LogP) is 5.09. The molecule has 3 rings (SSSR count). The molecule has 0 aliphatic rings. The van der Waals surface area contributed by atoms with Crippen LogP contribution in [-0.4, -0.2) is 15.9 Å². The number of benzene rings is 2. The molecule has 1 heterocycles. The third-order valence-electron chi connectivity index (χ3n) is 3.36. The highest BCUT2D eigenvalue weighted by Crippen LogP contribution is 2.29. The molecule has 2 N–H and O–H groups in total. The summed E-state index contributed by atoms with van der Waals surface area (Å²) in [5, 5.41) is 6.42. The van der Waals surface area contributed by atoms with Crippen LogP contribution in [0.5, 0.6) is 0 Å². The number of halogens is 2. The summed E-state index contributed by atoms with van der Waals surface area (Å²) >= 11 is 12.0. The monoisotopic (exact) mass is 372 g/mol. The van der Waals surface area contributed by atoms with Crippen molar-refractivity contribution < 1.29 is 4.79 Å². The molecule has 0 atom stereocenters. The molecule has 0 aliphatic heterocycles. The zero-order chi connectivity index (χ0) is 17.8. The summed E-state index contributed by atoms with van der Waals surface area (Å²) in [4.78, 5) is 20.8. The molecule has 1 aromatic heterocycles. The van der Waals surface area contributed by atoms with E-state index in [0.29, 0.717) is 16.7 Å². The molecule has 0 saturated carbocycles. The summed E-state index contributed by atoms with van der Waals surface area (Å²) in [5.74, 6) is -0.0747. The SMILES string of the molecule is Cc1cccc(Nc2nccc(C(=O)Nc3cccc(Cl)c3Cl)n2)c1. The number of aromatic nitrogens is 2. The van der Waals surface area contributed by atoms with Crippen molar-refractivity contribution in [2.75, 3.05) is 10.6 Å². The van der Waals surface area contributed by atoms with E-state index in [1.165, 1.54) is 12.3 Å². The Kier molecular flexibility index (Phi) is 5.16. The molecule has 0 aliphatic carbocycles. The van der Waals surface area contributed by atoms with Crippen molar-refractivity contribution in [1.82, 2.24) is 9.97 Å². The van der Waals surface area contributed by atoms with Crippen LogP contribution in [0, 0.1) is 6.92 Å². The maximum atomic E-state index is 12.4. The molecule has 0 radical (unpaired) electrons. The topological polar surface area (TPSA) is 66.9 Å².